The van der Waals surface area contributed by atoms with Crippen LogP contribution in [0.25, 0.3) is 27.2 Å². The number of aromatic nitrogens is 1. The number of hydrogen-bond donors (Lipinski definition) is 1. The lowest BCUT2D eigenvalue weighted by Gasteiger charge is -2.35. The summed E-state index contributed by atoms with van der Waals surface area (Å²) in [5.41, 5.74) is 7.73. The monoisotopic (exact) mass is 522 g/mol. The summed E-state index contributed by atoms with van der Waals surface area (Å²) < 4.78 is 2.25. The number of allylic oxidation sites excluding steroid dienone is 1. The zero-order chi connectivity index (χ0) is 25.1. The number of halogens is 2. The van der Waals surface area contributed by atoms with E-state index in [0.29, 0.717) is 23.0 Å². The van der Waals surface area contributed by atoms with Crippen molar-refractivity contribution in [2.75, 3.05) is 5.32 Å². The molecule has 1 N–H and O–H groups in total. The quantitative estimate of drug-likeness (QED) is 0.256. The van der Waals surface area contributed by atoms with E-state index in [1.165, 1.54) is 21.9 Å². The number of ketones is 1. The van der Waals surface area contributed by atoms with Crippen LogP contribution in [0.1, 0.15) is 42.0 Å². The molecule has 0 bridgehead atoms. The largest absolute Gasteiger partial charge is 0.373 e. The van der Waals surface area contributed by atoms with Crippen LogP contribution >= 0.6 is 23.2 Å². The molecule has 0 spiro atoms. The average Bonchev–Trinajstić information content (AvgIpc) is 3.28. The maximum Gasteiger partial charge on any atom is 0.161 e. The van der Waals surface area contributed by atoms with E-state index in [1.54, 1.807) is 0 Å². The van der Waals surface area contributed by atoms with Gasteiger partial charge in [0.15, 0.2) is 5.78 Å². The number of nitrogens with zero attached hydrogens (tertiary/aromatic N) is 1. The van der Waals surface area contributed by atoms with Crippen LogP contribution in [0.3, 0.4) is 0 Å². The smallest absolute Gasteiger partial charge is 0.161 e. The van der Waals surface area contributed by atoms with Crippen LogP contribution in [0.15, 0.2) is 90.6 Å². The molecule has 1 aliphatic heterocycles. The molecular formula is C32H24Cl2N2O. The second-order valence-electron chi connectivity index (χ2n) is 9.93. The first-order valence-electron chi connectivity index (χ1n) is 12.6. The van der Waals surface area contributed by atoms with Crippen LogP contribution < -0.4 is 5.32 Å². The van der Waals surface area contributed by atoms with Crippen LogP contribution in [-0.2, 0) is 11.3 Å². The highest BCUT2D eigenvalue weighted by Crippen LogP contribution is 2.49. The van der Waals surface area contributed by atoms with Crippen molar-refractivity contribution in [3.05, 3.63) is 117 Å². The van der Waals surface area contributed by atoms with Gasteiger partial charge in [-0.2, -0.15) is 0 Å². The van der Waals surface area contributed by atoms with Crippen molar-refractivity contribution in [1.82, 2.24) is 4.57 Å². The molecular weight excluding hydrogens is 499 g/mol. The molecule has 1 aliphatic carbocycles. The zero-order valence-electron chi connectivity index (χ0n) is 20.1. The second-order valence-corrected chi connectivity index (χ2v) is 10.7. The van der Waals surface area contributed by atoms with Crippen LogP contribution in [0, 0.1) is 0 Å². The number of rotatable bonds is 3. The third-order valence-electron chi connectivity index (χ3n) is 7.74. The van der Waals surface area contributed by atoms with Gasteiger partial charge < -0.3 is 9.88 Å². The summed E-state index contributed by atoms with van der Waals surface area (Å²) in [5, 5.41) is 8.44. The number of carbonyl (C=O) groups is 1. The molecule has 0 amide bonds. The Hall–Kier alpha value is -3.53. The Labute approximate surface area is 225 Å². The van der Waals surface area contributed by atoms with Crippen molar-refractivity contribution in [1.29, 1.82) is 0 Å². The van der Waals surface area contributed by atoms with Crippen molar-refractivity contribution in [3.63, 3.8) is 0 Å². The number of hydrogen-bond acceptors (Lipinski definition) is 2. The molecule has 0 fully saturated rings. The van der Waals surface area contributed by atoms with E-state index in [1.807, 2.05) is 18.2 Å². The van der Waals surface area contributed by atoms with E-state index in [9.17, 15) is 4.79 Å². The first-order valence-corrected chi connectivity index (χ1v) is 13.4. The number of benzene rings is 4. The molecule has 0 saturated heterocycles. The van der Waals surface area contributed by atoms with Gasteiger partial charge in [-0.15, -0.1) is 0 Å². The molecule has 5 heteroatoms. The predicted molar refractivity (Wildman–Crippen MR) is 154 cm³/mol. The Morgan fingerprint density at radius 2 is 1.68 bits per heavy atom. The molecule has 1 aromatic heterocycles. The maximum atomic E-state index is 13.5. The molecule has 4 aromatic carbocycles. The van der Waals surface area contributed by atoms with Crippen LogP contribution in [0.2, 0.25) is 10.0 Å². The fourth-order valence-corrected chi connectivity index (χ4v) is 6.43. The standard InChI is InChI=1S/C32H24Cl2N2O/c33-25-14-12-19(16-26(25)34)17-36-18-24(22-8-3-4-10-28(22)36)32-31-23(9-5-11-29(31)37)30-21-7-2-1-6-20(21)13-15-27(30)35-32/h1-4,6-8,10,12-16,18,32,35H,5,9,11,17H2/t32-/m1/s1. The summed E-state index contributed by atoms with van der Waals surface area (Å²) in [6.45, 7) is 0.658. The minimum atomic E-state index is -0.198. The van der Waals surface area contributed by atoms with Gasteiger partial charge in [0.2, 0.25) is 0 Å². The molecule has 182 valence electrons. The van der Waals surface area contributed by atoms with Crippen LogP contribution in [-0.4, -0.2) is 10.4 Å². The zero-order valence-corrected chi connectivity index (χ0v) is 21.6. The Morgan fingerprint density at radius 3 is 2.54 bits per heavy atom. The number of carbonyl (C=O) groups excluding carboxylic acids is 1. The highest BCUT2D eigenvalue weighted by molar-refractivity contribution is 6.42. The lowest BCUT2D eigenvalue weighted by Crippen LogP contribution is -2.27. The summed E-state index contributed by atoms with van der Waals surface area (Å²) in [6.07, 6.45) is 4.61. The minimum Gasteiger partial charge on any atom is -0.373 e. The van der Waals surface area contributed by atoms with Gasteiger partial charge in [0.05, 0.1) is 16.1 Å². The molecule has 37 heavy (non-hydrogen) atoms. The number of para-hydroxylation sites is 1. The number of fused-ring (bicyclic) bond motifs is 5. The molecule has 2 heterocycles. The molecule has 3 nitrogen and oxygen atoms in total. The molecule has 0 radical (unpaired) electrons. The van der Waals surface area contributed by atoms with Crippen LogP contribution in [0.5, 0.6) is 0 Å². The molecule has 0 saturated carbocycles. The van der Waals surface area contributed by atoms with Crippen molar-refractivity contribution >= 4 is 61.9 Å². The average molecular weight is 523 g/mol. The number of nitrogens with one attached hydrogen (secondary N) is 1. The third-order valence-corrected chi connectivity index (χ3v) is 8.48. The molecule has 0 unspecified atom stereocenters. The number of anilines is 1. The minimum absolute atomic E-state index is 0.198. The lowest BCUT2D eigenvalue weighted by atomic mass is 9.77. The summed E-state index contributed by atoms with van der Waals surface area (Å²) in [5.74, 6) is 0.249. The van der Waals surface area contributed by atoms with Gasteiger partial charge in [-0.3, -0.25) is 4.79 Å². The van der Waals surface area contributed by atoms with Crippen molar-refractivity contribution in [3.8, 4) is 0 Å². The Morgan fingerprint density at radius 1 is 0.865 bits per heavy atom. The lowest BCUT2D eigenvalue weighted by molar-refractivity contribution is -0.116. The van der Waals surface area contributed by atoms with E-state index in [4.69, 9.17) is 23.2 Å². The van der Waals surface area contributed by atoms with Crippen molar-refractivity contribution in [2.24, 2.45) is 0 Å². The van der Waals surface area contributed by atoms with Crippen molar-refractivity contribution in [2.45, 2.75) is 31.8 Å². The first kappa shape index (κ1) is 22.7. The van der Waals surface area contributed by atoms with Gasteiger partial charge in [0, 0.05) is 52.5 Å². The summed E-state index contributed by atoms with van der Waals surface area (Å²) in [7, 11) is 0. The first-order chi connectivity index (χ1) is 18.1. The fraction of sp³-hybridized carbons (Fsp3) is 0.156. The Balaban J connectivity index is 1.41. The second kappa shape index (κ2) is 8.79. The molecule has 5 aromatic rings. The summed E-state index contributed by atoms with van der Waals surface area (Å²) in [6, 6.07) is 26.8. The van der Waals surface area contributed by atoms with Crippen molar-refractivity contribution < 1.29 is 4.79 Å². The maximum absolute atomic E-state index is 13.5. The van der Waals surface area contributed by atoms with E-state index in [2.05, 4.69) is 76.7 Å². The third kappa shape index (κ3) is 3.68. The summed E-state index contributed by atoms with van der Waals surface area (Å²) >= 11 is 12.5. The number of Topliss-reactive ketones (excluding diaryl/α,β-unsaturated/α-hetero) is 1. The topological polar surface area (TPSA) is 34.0 Å². The molecule has 1 atom stereocenters. The van der Waals surface area contributed by atoms with Gasteiger partial charge in [-0.25, -0.2) is 0 Å². The van der Waals surface area contributed by atoms with E-state index in [0.717, 1.165) is 46.1 Å². The van der Waals surface area contributed by atoms with Crippen LogP contribution in [0.4, 0.5) is 5.69 Å². The predicted octanol–water partition coefficient (Wildman–Crippen LogP) is 8.82. The fourth-order valence-electron chi connectivity index (χ4n) is 6.11. The molecule has 7 rings (SSSR count). The Bertz CT molecular complexity index is 1760. The Kier molecular flexibility index (Phi) is 5.38. The summed E-state index contributed by atoms with van der Waals surface area (Å²) in [4.78, 5) is 13.5. The van der Waals surface area contributed by atoms with E-state index >= 15 is 0 Å². The van der Waals surface area contributed by atoms with Gasteiger partial charge >= 0.3 is 0 Å². The van der Waals surface area contributed by atoms with E-state index in [-0.39, 0.29) is 11.8 Å². The van der Waals surface area contributed by atoms with Gasteiger partial charge in [-0.05, 0) is 59.0 Å². The van der Waals surface area contributed by atoms with Gasteiger partial charge in [0.1, 0.15) is 0 Å². The SMILES string of the molecule is O=C1CCCC2=C1[C@@H](c1cn(Cc3ccc(Cl)c(Cl)c3)c3ccccc13)Nc1ccc3ccccc3c12. The van der Waals surface area contributed by atoms with E-state index < -0.39 is 0 Å². The molecule has 2 aliphatic rings. The van der Waals surface area contributed by atoms with Gasteiger partial charge in [-0.1, -0.05) is 77.8 Å². The highest BCUT2D eigenvalue weighted by Gasteiger charge is 2.36. The highest BCUT2D eigenvalue weighted by atomic mass is 35.5. The van der Waals surface area contributed by atoms with Gasteiger partial charge in [0.25, 0.3) is 0 Å². The normalized spacial score (nSPS) is 17.1.